The molecule has 3 heterocycles. The smallest absolute Gasteiger partial charge is 0.160 e. The number of benzene rings is 7. The van der Waals surface area contributed by atoms with E-state index in [1.54, 1.807) is 11.3 Å². The van der Waals surface area contributed by atoms with E-state index in [1.807, 2.05) is 60.7 Å². The van der Waals surface area contributed by atoms with Crippen LogP contribution in [0.5, 0.6) is 0 Å². The van der Waals surface area contributed by atoms with Gasteiger partial charge in [-0.3, -0.25) is 0 Å². The minimum Gasteiger partial charge on any atom is -0.228 e. The fourth-order valence-corrected chi connectivity index (χ4v) is 8.21. The standard InChI is InChI=1S/C50H32N4S/c1-5-13-33(14-6-1)34-21-23-37(24-22-34)45-32-46(54-49(51-45)38-19-11-4-12-20-38)39-26-28-47-42(29-39)41-27-25-40(30-48(41)55-47)50-52-43(35-15-7-2-8-16-35)31-44(53-50)36-17-9-3-10-18-36/h1-32H. The van der Waals surface area contributed by atoms with Gasteiger partial charge in [-0.15, -0.1) is 11.3 Å². The van der Waals surface area contributed by atoms with Crippen LogP contribution in [0.3, 0.4) is 0 Å². The second-order valence-electron chi connectivity index (χ2n) is 13.5. The molecule has 10 rings (SSSR count). The number of nitrogens with zero attached hydrogens (tertiary/aromatic N) is 4. The van der Waals surface area contributed by atoms with Gasteiger partial charge < -0.3 is 0 Å². The van der Waals surface area contributed by atoms with Gasteiger partial charge in [0, 0.05) is 53.6 Å². The molecular formula is C50H32N4S. The van der Waals surface area contributed by atoms with Crippen LogP contribution >= 0.6 is 11.3 Å². The minimum atomic E-state index is 0.702. The minimum absolute atomic E-state index is 0.702. The molecule has 0 unspecified atom stereocenters. The molecule has 0 bridgehead atoms. The first kappa shape index (κ1) is 32.6. The van der Waals surface area contributed by atoms with Gasteiger partial charge >= 0.3 is 0 Å². The summed E-state index contributed by atoms with van der Waals surface area (Å²) in [7, 11) is 0. The van der Waals surface area contributed by atoms with Crippen molar-refractivity contribution in [3.8, 4) is 78.9 Å². The molecule has 0 amide bonds. The molecule has 3 aromatic heterocycles. The van der Waals surface area contributed by atoms with Crippen LogP contribution in [0.1, 0.15) is 0 Å². The Balaban J connectivity index is 1.05. The molecule has 10 aromatic rings. The summed E-state index contributed by atoms with van der Waals surface area (Å²) in [5, 5.41) is 2.39. The molecule has 55 heavy (non-hydrogen) atoms. The molecule has 0 saturated heterocycles. The molecule has 5 heteroatoms. The lowest BCUT2D eigenvalue weighted by atomic mass is 10.0. The van der Waals surface area contributed by atoms with Crippen molar-refractivity contribution in [3.05, 3.63) is 194 Å². The summed E-state index contributed by atoms with van der Waals surface area (Å²) in [5.41, 5.74) is 12.1. The lowest BCUT2D eigenvalue weighted by Crippen LogP contribution is -1.96. The van der Waals surface area contributed by atoms with Crippen molar-refractivity contribution in [1.29, 1.82) is 0 Å². The highest BCUT2D eigenvalue weighted by Gasteiger charge is 2.15. The van der Waals surface area contributed by atoms with Gasteiger partial charge in [0.05, 0.1) is 22.8 Å². The highest BCUT2D eigenvalue weighted by Crippen LogP contribution is 2.39. The summed E-state index contributed by atoms with van der Waals surface area (Å²) < 4.78 is 2.40. The maximum absolute atomic E-state index is 5.13. The van der Waals surface area contributed by atoms with E-state index >= 15 is 0 Å². The van der Waals surface area contributed by atoms with Crippen molar-refractivity contribution in [1.82, 2.24) is 19.9 Å². The molecule has 0 atom stereocenters. The van der Waals surface area contributed by atoms with E-state index in [0.29, 0.717) is 11.6 Å². The van der Waals surface area contributed by atoms with E-state index in [2.05, 4.69) is 133 Å². The second kappa shape index (κ2) is 14.0. The van der Waals surface area contributed by atoms with Crippen LogP contribution in [0, 0.1) is 0 Å². The number of hydrogen-bond donors (Lipinski definition) is 0. The van der Waals surface area contributed by atoms with Crippen molar-refractivity contribution in [3.63, 3.8) is 0 Å². The topological polar surface area (TPSA) is 51.6 Å². The SMILES string of the molecule is c1ccc(-c2ccc(-c3cc(-c4ccc5sc6cc(-c7nc(-c8ccccc8)cc(-c8ccccc8)n7)ccc6c5c4)nc(-c4ccccc4)n3)cc2)cc1. The zero-order valence-corrected chi connectivity index (χ0v) is 30.5. The largest absolute Gasteiger partial charge is 0.228 e. The normalized spacial score (nSPS) is 11.3. The molecular weight excluding hydrogens is 689 g/mol. The van der Waals surface area contributed by atoms with Crippen molar-refractivity contribution >= 4 is 31.5 Å². The average Bonchev–Trinajstić information content (AvgIpc) is 3.65. The van der Waals surface area contributed by atoms with Crippen molar-refractivity contribution < 1.29 is 0 Å². The maximum Gasteiger partial charge on any atom is 0.160 e. The Hall–Kier alpha value is -7.08. The van der Waals surface area contributed by atoms with Crippen LogP contribution in [-0.2, 0) is 0 Å². The number of fused-ring (bicyclic) bond motifs is 3. The van der Waals surface area contributed by atoms with Gasteiger partial charge in [0.15, 0.2) is 11.6 Å². The number of thiophene rings is 1. The third-order valence-corrected chi connectivity index (χ3v) is 11.1. The first-order valence-corrected chi connectivity index (χ1v) is 19.1. The molecule has 0 N–H and O–H groups in total. The highest BCUT2D eigenvalue weighted by atomic mass is 32.1. The first-order valence-electron chi connectivity index (χ1n) is 18.3. The van der Waals surface area contributed by atoms with Gasteiger partial charge in [0.2, 0.25) is 0 Å². The van der Waals surface area contributed by atoms with Crippen molar-refractivity contribution in [2.24, 2.45) is 0 Å². The summed E-state index contributed by atoms with van der Waals surface area (Å²) in [6.07, 6.45) is 0. The fraction of sp³-hybridized carbons (Fsp3) is 0. The monoisotopic (exact) mass is 720 g/mol. The van der Waals surface area contributed by atoms with Crippen LogP contribution in [0.4, 0.5) is 0 Å². The van der Waals surface area contributed by atoms with E-state index in [4.69, 9.17) is 19.9 Å². The fourth-order valence-electron chi connectivity index (χ4n) is 7.09. The van der Waals surface area contributed by atoms with Gasteiger partial charge in [-0.05, 0) is 41.5 Å². The van der Waals surface area contributed by atoms with Gasteiger partial charge in [-0.2, -0.15) is 0 Å². The Labute approximate surface area is 323 Å². The van der Waals surface area contributed by atoms with Crippen LogP contribution < -0.4 is 0 Å². The lowest BCUT2D eigenvalue weighted by Gasteiger charge is -2.10. The van der Waals surface area contributed by atoms with Crippen LogP contribution in [0.25, 0.3) is 99.1 Å². The quantitative estimate of drug-likeness (QED) is 0.164. The molecule has 0 aliphatic carbocycles. The molecule has 0 spiro atoms. The Bertz CT molecular complexity index is 2890. The number of hydrogen-bond acceptors (Lipinski definition) is 5. The van der Waals surface area contributed by atoms with E-state index in [9.17, 15) is 0 Å². The molecule has 4 nitrogen and oxygen atoms in total. The summed E-state index contributed by atoms with van der Waals surface area (Å²) in [4.78, 5) is 20.4. The summed E-state index contributed by atoms with van der Waals surface area (Å²) in [6.45, 7) is 0. The predicted molar refractivity (Wildman–Crippen MR) is 229 cm³/mol. The molecule has 0 fully saturated rings. The van der Waals surface area contributed by atoms with Gasteiger partial charge in [0.1, 0.15) is 0 Å². The van der Waals surface area contributed by atoms with Crippen LogP contribution in [-0.4, -0.2) is 19.9 Å². The third-order valence-electron chi connectivity index (χ3n) is 9.94. The predicted octanol–water partition coefficient (Wildman–Crippen LogP) is 13.3. The lowest BCUT2D eigenvalue weighted by molar-refractivity contribution is 1.18. The molecule has 0 saturated carbocycles. The molecule has 258 valence electrons. The molecule has 0 aliphatic rings. The van der Waals surface area contributed by atoms with Crippen molar-refractivity contribution in [2.45, 2.75) is 0 Å². The van der Waals surface area contributed by atoms with Gasteiger partial charge in [-0.25, -0.2) is 19.9 Å². The molecule has 0 aliphatic heterocycles. The highest BCUT2D eigenvalue weighted by molar-refractivity contribution is 7.25. The van der Waals surface area contributed by atoms with Crippen LogP contribution in [0.2, 0.25) is 0 Å². The Morgan fingerprint density at radius 2 is 0.655 bits per heavy atom. The third kappa shape index (κ3) is 6.48. The van der Waals surface area contributed by atoms with Crippen LogP contribution in [0.15, 0.2) is 194 Å². The summed E-state index contributed by atoms with van der Waals surface area (Å²) >= 11 is 1.79. The zero-order valence-electron chi connectivity index (χ0n) is 29.7. The van der Waals surface area contributed by atoms with Crippen molar-refractivity contribution in [2.75, 3.05) is 0 Å². The summed E-state index contributed by atoms with van der Waals surface area (Å²) in [5.74, 6) is 1.41. The van der Waals surface area contributed by atoms with Gasteiger partial charge in [0.25, 0.3) is 0 Å². The maximum atomic E-state index is 5.13. The summed E-state index contributed by atoms with van der Waals surface area (Å²) in [6, 6.07) is 67.4. The second-order valence-corrected chi connectivity index (χ2v) is 14.6. The van der Waals surface area contributed by atoms with E-state index in [1.165, 1.54) is 31.3 Å². The Kier molecular flexibility index (Phi) is 8.32. The van der Waals surface area contributed by atoms with E-state index < -0.39 is 0 Å². The molecule has 0 radical (unpaired) electrons. The number of aromatic nitrogens is 4. The van der Waals surface area contributed by atoms with E-state index in [-0.39, 0.29) is 0 Å². The molecule has 7 aromatic carbocycles. The first-order chi connectivity index (χ1) is 27.2. The number of rotatable bonds is 7. The zero-order chi connectivity index (χ0) is 36.6. The van der Waals surface area contributed by atoms with Gasteiger partial charge in [-0.1, -0.05) is 164 Å². The average molecular weight is 721 g/mol. The van der Waals surface area contributed by atoms with E-state index in [0.717, 1.165) is 56.2 Å². The Morgan fingerprint density at radius 1 is 0.255 bits per heavy atom. The Morgan fingerprint density at radius 3 is 1.22 bits per heavy atom.